The van der Waals surface area contributed by atoms with E-state index in [0.29, 0.717) is 28.0 Å². The van der Waals surface area contributed by atoms with Crippen molar-refractivity contribution in [1.29, 1.82) is 0 Å². The molecule has 0 radical (unpaired) electrons. The van der Waals surface area contributed by atoms with Crippen LogP contribution in [0, 0.1) is 13.8 Å². The Bertz CT molecular complexity index is 982. The molecule has 2 aromatic rings. The highest BCUT2D eigenvalue weighted by Gasteiger charge is 2.22. The number of thioether (sulfide) groups is 1. The maximum Gasteiger partial charge on any atom is 0.240 e. The molecule has 0 unspecified atom stereocenters. The van der Waals surface area contributed by atoms with Crippen molar-refractivity contribution in [1.82, 2.24) is 5.32 Å². The topological polar surface area (TPSA) is 66.5 Å². The Balaban J connectivity index is 1.87. The number of carbonyl (C=O) groups excluding carboxylic acids is 1. The molecule has 0 saturated carbocycles. The van der Waals surface area contributed by atoms with E-state index in [2.05, 4.69) is 5.32 Å². The molecule has 2 rings (SSSR count). The van der Waals surface area contributed by atoms with Crippen LogP contribution in [0.3, 0.4) is 0 Å². The number of nitrogens with one attached hydrogen (secondary N) is 1. The summed E-state index contributed by atoms with van der Waals surface area (Å²) >= 11 is 13.5. The van der Waals surface area contributed by atoms with Gasteiger partial charge in [-0.3, -0.25) is 9.10 Å². The Morgan fingerprint density at radius 1 is 1.10 bits per heavy atom. The van der Waals surface area contributed by atoms with Crippen LogP contribution >= 0.6 is 35.0 Å². The lowest BCUT2D eigenvalue weighted by atomic mass is 10.1. The van der Waals surface area contributed by atoms with Gasteiger partial charge in [-0.2, -0.15) is 11.8 Å². The van der Waals surface area contributed by atoms with Gasteiger partial charge in [0.25, 0.3) is 0 Å². The summed E-state index contributed by atoms with van der Waals surface area (Å²) < 4.78 is 25.6. The van der Waals surface area contributed by atoms with Gasteiger partial charge in [0, 0.05) is 18.1 Å². The maximum absolute atomic E-state index is 12.3. The van der Waals surface area contributed by atoms with Crippen molar-refractivity contribution in [2.75, 3.05) is 29.4 Å². The molecule has 2 aromatic carbocycles. The van der Waals surface area contributed by atoms with Crippen molar-refractivity contribution in [3.63, 3.8) is 0 Å². The number of hydrogen-bond acceptors (Lipinski definition) is 4. The highest BCUT2D eigenvalue weighted by Crippen LogP contribution is 2.25. The summed E-state index contributed by atoms with van der Waals surface area (Å²) in [6, 6.07) is 11.0. The minimum absolute atomic E-state index is 0.249. The lowest BCUT2D eigenvalue weighted by molar-refractivity contribution is -0.119. The minimum Gasteiger partial charge on any atom is -0.354 e. The molecule has 0 aliphatic carbocycles. The molecule has 0 atom stereocenters. The summed E-state index contributed by atoms with van der Waals surface area (Å²) in [5.41, 5.74) is 3.30. The van der Waals surface area contributed by atoms with Crippen LogP contribution < -0.4 is 9.62 Å². The zero-order chi connectivity index (χ0) is 21.6. The number of halogens is 2. The average molecular weight is 475 g/mol. The summed E-state index contributed by atoms with van der Waals surface area (Å²) in [6.45, 7) is 3.90. The molecule has 0 aromatic heterocycles. The molecule has 0 bridgehead atoms. The molecule has 5 nitrogen and oxygen atoms in total. The molecule has 158 valence electrons. The number of nitrogens with zero attached hydrogens (tertiary/aromatic N) is 1. The molecule has 0 saturated heterocycles. The summed E-state index contributed by atoms with van der Waals surface area (Å²) in [5, 5.41) is 3.82. The maximum atomic E-state index is 12.3. The molecule has 0 spiro atoms. The molecule has 0 fully saturated rings. The van der Waals surface area contributed by atoms with Gasteiger partial charge >= 0.3 is 0 Å². The standard InChI is InChI=1S/C20H24Cl2N2O3S2/c1-14-4-5-15(2)19(10-14)24(29(3,26)27)12-20(25)23-8-9-28-13-16-6-7-17(21)18(22)11-16/h4-7,10-11H,8-9,12-13H2,1-3H3,(H,23,25). The fourth-order valence-corrected chi connectivity index (χ4v) is 4.67. The number of sulfonamides is 1. The molecule has 9 heteroatoms. The third-order valence-electron chi connectivity index (χ3n) is 4.14. The van der Waals surface area contributed by atoms with E-state index in [0.717, 1.165) is 33.0 Å². The van der Waals surface area contributed by atoms with Crippen molar-refractivity contribution in [2.24, 2.45) is 0 Å². The fraction of sp³-hybridized carbons (Fsp3) is 0.350. The normalized spacial score (nSPS) is 11.3. The zero-order valence-electron chi connectivity index (χ0n) is 16.5. The molecule has 29 heavy (non-hydrogen) atoms. The number of carbonyl (C=O) groups is 1. The van der Waals surface area contributed by atoms with Gasteiger partial charge in [0.1, 0.15) is 6.54 Å². The van der Waals surface area contributed by atoms with E-state index in [1.165, 1.54) is 0 Å². The lowest BCUT2D eigenvalue weighted by Crippen LogP contribution is -2.41. The van der Waals surface area contributed by atoms with Crippen LogP contribution in [-0.4, -0.2) is 39.4 Å². The number of aryl methyl sites for hydroxylation is 2. The number of amides is 1. The predicted octanol–water partition coefficient (Wildman–Crippen LogP) is 4.43. The second-order valence-electron chi connectivity index (χ2n) is 6.71. The minimum atomic E-state index is -3.59. The molecule has 1 N–H and O–H groups in total. The van der Waals surface area contributed by atoms with E-state index in [-0.39, 0.29) is 12.5 Å². The van der Waals surface area contributed by atoms with E-state index in [4.69, 9.17) is 23.2 Å². The summed E-state index contributed by atoms with van der Waals surface area (Å²) in [5.74, 6) is 1.09. The van der Waals surface area contributed by atoms with E-state index >= 15 is 0 Å². The first-order chi connectivity index (χ1) is 13.6. The van der Waals surface area contributed by atoms with Gasteiger partial charge in [-0.05, 0) is 48.7 Å². The fourth-order valence-electron chi connectivity index (χ4n) is 2.64. The van der Waals surface area contributed by atoms with Gasteiger partial charge in [0.2, 0.25) is 15.9 Å². The summed E-state index contributed by atoms with van der Waals surface area (Å²) in [7, 11) is -3.59. The predicted molar refractivity (Wildman–Crippen MR) is 124 cm³/mol. The van der Waals surface area contributed by atoms with Gasteiger partial charge in [-0.25, -0.2) is 8.42 Å². The van der Waals surface area contributed by atoms with Crippen LogP contribution in [-0.2, 0) is 20.6 Å². The number of benzene rings is 2. The number of rotatable bonds is 9. The second kappa shape index (κ2) is 10.6. The van der Waals surface area contributed by atoms with Crippen molar-refractivity contribution in [3.8, 4) is 0 Å². The summed E-state index contributed by atoms with van der Waals surface area (Å²) in [4.78, 5) is 12.3. The van der Waals surface area contributed by atoms with Crippen molar-refractivity contribution in [2.45, 2.75) is 19.6 Å². The van der Waals surface area contributed by atoms with Gasteiger partial charge in [0.05, 0.1) is 22.0 Å². The molecule has 1 amide bonds. The second-order valence-corrected chi connectivity index (χ2v) is 10.5. The largest absolute Gasteiger partial charge is 0.354 e. The highest BCUT2D eigenvalue weighted by atomic mass is 35.5. The van der Waals surface area contributed by atoms with Crippen LogP contribution in [0.25, 0.3) is 0 Å². The molecule has 0 aliphatic rings. The molecule has 0 aliphatic heterocycles. The number of hydrogen-bond donors (Lipinski definition) is 1. The van der Waals surface area contributed by atoms with Crippen LogP contribution in [0.15, 0.2) is 36.4 Å². The molecular formula is C20H24Cl2N2O3S2. The van der Waals surface area contributed by atoms with Crippen LogP contribution in [0.5, 0.6) is 0 Å². The van der Waals surface area contributed by atoms with Crippen LogP contribution in [0.1, 0.15) is 16.7 Å². The lowest BCUT2D eigenvalue weighted by Gasteiger charge is -2.24. The van der Waals surface area contributed by atoms with E-state index in [1.54, 1.807) is 23.9 Å². The van der Waals surface area contributed by atoms with Crippen LogP contribution in [0.2, 0.25) is 10.0 Å². The Labute approximate surface area is 186 Å². The average Bonchev–Trinajstić information content (AvgIpc) is 2.63. The van der Waals surface area contributed by atoms with Gasteiger partial charge in [0.15, 0.2) is 0 Å². The zero-order valence-corrected chi connectivity index (χ0v) is 19.7. The van der Waals surface area contributed by atoms with E-state index in [1.807, 2.05) is 38.1 Å². The quantitative estimate of drug-likeness (QED) is 0.545. The first-order valence-electron chi connectivity index (χ1n) is 8.91. The summed E-state index contributed by atoms with van der Waals surface area (Å²) in [6.07, 6.45) is 1.11. The van der Waals surface area contributed by atoms with Crippen molar-refractivity contribution in [3.05, 3.63) is 63.1 Å². The number of anilines is 1. The Kier molecular flexibility index (Phi) is 8.70. The first kappa shape index (κ1) is 23.9. The Morgan fingerprint density at radius 3 is 2.48 bits per heavy atom. The Hall–Kier alpha value is -1.41. The molecule has 0 heterocycles. The van der Waals surface area contributed by atoms with Crippen molar-refractivity contribution >= 4 is 56.6 Å². The van der Waals surface area contributed by atoms with E-state index in [9.17, 15) is 13.2 Å². The van der Waals surface area contributed by atoms with Gasteiger partial charge in [-0.15, -0.1) is 0 Å². The highest BCUT2D eigenvalue weighted by molar-refractivity contribution is 7.98. The SMILES string of the molecule is Cc1ccc(C)c(N(CC(=O)NCCSCc2ccc(Cl)c(Cl)c2)S(C)(=O)=O)c1. The Morgan fingerprint density at radius 2 is 1.83 bits per heavy atom. The van der Waals surface area contributed by atoms with Gasteiger partial charge in [-0.1, -0.05) is 41.4 Å². The monoisotopic (exact) mass is 474 g/mol. The first-order valence-corrected chi connectivity index (χ1v) is 12.7. The smallest absolute Gasteiger partial charge is 0.240 e. The molecular weight excluding hydrogens is 451 g/mol. The third kappa shape index (κ3) is 7.41. The van der Waals surface area contributed by atoms with Crippen molar-refractivity contribution < 1.29 is 13.2 Å². The van der Waals surface area contributed by atoms with E-state index < -0.39 is 10.0 Å². The van der Waals surface area contributed by atoms with Crippen LogP contribution in [0.4, 0.5) is 5.69 Å². The van der Waals surface area contributed by atoms with Gasteiger partial charge < -0.3 is 5.32 Å². The third-order valence-corrected chi connectivity index (χ3v) is 7.04.